The minimum Gasteiger partial charge on any atom is -0.496 e. The molecular weight excluding hydrogens is 444 g/mol. The number of methoxy groups -OCH3 is 2. The molecule has 0 saturated heterocycles. The molecule has 3 rings (SSSR count). The van der Waals surface area contributed by atoms with E-state index < -0.39 is 17.2 Å². The van der Waals surface area contributed by atoms with E-state index >= 15 is 0 Å². The number of ether oxygens (including phenoxy) is 2. The Balaban J connectivity index is 2.49. The molecule has 162 valence electrons. The van der Waals surface area contributed by atoms with Crippen LogP contribution in [-0.2, 0) is 11.3 Å². The lowest BCUT2D eigenvalue weighted by molar-refractivity contribution is 0.0599. The van der Waals surface area contributed by atoms with Crippen molar-refractivity contribution in [2.75, 3.05) is 14.2 Å². The van der Waals surface area contributed by atoms with Gasteiger partial charge < -0.3 is 14.0 Å². The second-order valence-electron chi connectivity index (χ2n) is 6.72. The third kappa shape index (κ3) is 4.05. The highest BCUT2D eigenvalue weighted by atomic mass is 35.5. The average molecular weight is 464 g/mol. The van der Waals surface area contributed by atoms with Crippen LogP contribution in [0.5, 0.6) is 5.75 Å². The lowest BCUT2D eigenvalue weighted by Gasteiger charge is -2.22. The van der Waals surface area contributed by atoms with Crippen molar-refractivity contribution < 1.29 is 18.7 Å². The molecule has 31 heavy (non-hydrogen) atoms. The summed E-state index contributed by atoms with van der Waals surface area (Å²) in [6, 6.07) is 8.75. The van der Waals surface area contributed by atoms with Crippen molar-refractivity contribution in [3.05, 3.63) is 73.7 Å². The van der Waals surface area contributed by atoms with E-state index in [1.165, 1.54) is 32.4 Å². The van der Waals surface area contributed by atoms with Gasteiger partial charge in [-0.3, -0.25) is 4.79 Å². The highest BCUT2D eigenvalue weighted by Crippen LogP contribution is 2.36. The topological polar surface area (TPSA) is 57.5 Å². The molecule has 2 aromatic carbocycles. The van der Waals surface area contributed by atoms with E-state index in [0.717, 1.165) is 0 Å². The standard InChI is InChI=1S/C23H20Cl2FNO4/c1-5-27-12(2)19(15-8-7-14(26)11-18(15)30-3)22(28)20(23(29)31-4)21(27)13-6-9-16(24)17(25)10-13/h6-11H,5H2,1-4H3. The zero-order chi connectivity index (χ0) is 22.9. The molecule has 0 radical (unpaired) electrons. The summed E-state index contributed by atoms with van der Waals surface area (Å²) in [6.07, 6.45) is 0. The Morgan fingerprint density at radius 3 is 2.39 bits per heavy atom. The van der Waals surface area contributed by atoms with Crippen molar-refractivity contribution in [3.63, 3.8) is 0 Å². The van der Waals surface area contributed by atoms with Gasteiger partial charge in [0.05, 0.1) is 35.5 Å². The molecule has 0 aliphatic carbocycles. The first-order valence-corrected chi connectivity index (χ1v) is 10.2. The van der Waals surface area contributed by atoms with Crippen molar-refractivity contribution in [1.29, 1.82) is 0 Å². The Hall–Kier alpha value is -2.83. The van der Waals surface area contributed by atoms with Gasteiger partial charge in [0.25, 0.3) is 0 Å². The molecule has 5 nitrogen and oxygen atoms in total. The molecule has 1 aromatic heterocycles. The number of halogens is 3. The van der Waals surface area contributed by atoms with Gasteiger partial charge in [-0.1, -0.05) is 29.3 Å². The van der Waals surface area contributed by atoms with Gasteiger partial charge in [0.2, 0.25) is 5.43 Å². The first-order chi connectivity index (χ1) is 14.7. The summed E-state index contributed by atoms with van der Waals surface area (Å²) in [5.41, 5.74) is 1.36. The molecule has 0 fully saturated rings. The van der Waals surface area contributed by atoms with Gasteiger partial charge in [-0.05, 0) is 38.1 Å². The molecule has 0 saturated carbocycles. The number of nitrogens with zero attached hydrogens (tertiary/aromatic N) is 1. The fourth-order valence-electron chi connectivity index (χ4n) is 3.65. The Morgan fingerprint density at radius 2 is 1.81 bits per heavy atom. The summed E-state index contributed by atoms with van der Waals surface area (Å²) in [5.74, 6) is -1.12. The number of carbonyl (C=O) groups is 1. The van der Waals surface area contributed by atoms with Crippen molar-refractivity contribution in [2.24, 2.45) is 0 Å². The maximum atomic E-state index is 13.8. The number of aromatic nitrogens is 1. The molecule has 0 aliphatic rings. The van der Waals surface area contributed by atoms with Crippen LogP contribution in [0.15, 0.2) is 41.2 Å². The number of hydrogen-bond donors (Lipinski definition) is 0. The fraction of sp³-hybridized carbons (Fsp3) is 0.217. The van der Waals surface area contributed by atoms with Crippen LogP contribution in [0.1, 0.15) is 23.0 Å². The SMILES string of the molecule is CCn1c(C)c(-c2ccc(F)cc2OC)c(=O)c(C(=O)OC)c1-c1ccc(Cl)c(Cl)c1. The minimum absolute atomic E-state index is 0.158. The van der Waals surface area contributed by atoms with Crippen molar-refractivity contribution in [3.8, 4) is 28.1 Å². The summed E-state index contributed by atoms with van der Waals surface area (Å²) >= 11 is 12.2. The minimum atomic E-state index is -0.796. The lowest BCUT2D eigenvalue weighted by atomic mass is 9.95. The molecule has 0 N–H and O–H groups in total. The molecule has 1 heterocycles. The Bertz CT molecular complexity index is 1240. The van der Waals surface area contributed by atoms with Crippen LogP contribution in [-0.4, -0.2) is 24.8 Å². The Morgan fingerprint density at radius 1 is 1.10 bits per heavy atom. The first-order valence-electron chi connectivity index (χ1n) is 9.40. The summed E-state index contributed by atoms with van der Waals surface area (Å²) in [4.78, 5) is 26.4. The van der Waals surface area contributed by atoms with Crippen LogP contribution < -0.4 is 10.2 Å². The highest BCUT2D eigenvalue weighted by molar-refractivity contribution is 6.42. The molecule has 0 amide bonds. The van der Waals surface area contributed by atoms with Gasteiger partial charge in [0.15, 0.2) is 0 Å². The smallest absolute Gasteiger partial charge is 0.344 e. The Labute approximate surface area is 188 Å². The summed E-state index contributed by atoms with van der Waals surface area (Å²) < 4.78 is 25.8. The molecule has 0 atom stereocenters. The second kappa shape index (κ2) is 9.12. The number of benzene rings is 2. The average Bonchev–Trinajstić information content (AvgIpc) is 2.75. The number of rotatable bonds is 5. The summed E-state index contributed by atoms with van der Waals surface area (Å²) in [5, 5.41) is 0.631. The van der Waals surface area contributed by atoms with Crippen molar-refractivity contribution in [2.45, 2.75) is 20.4 Å². The molecule has 0 bridgehead atoms. The molecule has 0 unspecified atom stereocenters. The van der Waals surface area contributed by atoms with Crippen LogP contribution in [0, 0.1) is 12.7 Å². The predicted octanol–water partition coefficient (Wildman–Crippen LogP) is 5.75. The number of pyridine rings is 1. The Kier molecular flexibility index (Phi) is 6.72. The summed E-state index contributed by atoms with van der Waals surface area (Å²) in [7, 11) is 2.59. The highest BCUT2D eigenvalue weighted by Gasteiger charge is 2.27. The first kappa shape index (κ1) is 22.8. The maximum absolute atomic E-state index is 13.8. The zero-order valence-electron chi connectivity index (χ0n) is 17.4. The van der Waals surface area contributed by atoms with Gasteiger partial charge in [0, 0.05) is 29.4 Å². The van der Waals surface area contributed by atoms with Gasteiger partial charge in [-0.25, -0.2) is 9.18 Å². The quantitative estimate of drug-likeness (QED) is 0.451. The molecule has 8 heteroatoms. The van der Waals surface area contributed by atoms with E-state index in [2.05, 4.69) is 0 Å². The van der Waals surface area contributed by atoms with Crippen LogP contribution in [0.2, 0.25) is 10.0 Å². The molecule has 0 spiro atoms. The van der Waals surface area contributed by atoms with Gasteiger partial charge in [0.1, 0.15) is 17.1 Å². The van der Waals surface area contributed by atoms with E-state index in [1.807, 2.05) is 11.5 Å². The fourth-order valence-corrected chi connectivity index (χ4v) is 3.95. The van der Waals surface area contributed by atoms with Gasteiger partial charge in [-0.15, -0.1) is 0 Å². The third-order valence-corrected chi connectivity index (χ3v) is 5.80. The zero-order valence-corrected chi connectivity index (χ0v) is 18.9. The number of carbonyl (C=O) groups excluding carboxylic acids is 1. The number of hydrogen-bond acceptors (Lipinski definition) is 4. The van der Waals surface area contributed by atoms with Crippen molar-refractivity contribution >= 4 is 29.2 Å². The van der Waals surface area contributed by atoms with Gasteiger partial charge in [-0.2, -0.15) is 0 Å². The predicted molar refractivity (Wildman–Crippen MR) is 120 cm³/mol. The van der Waals surface area contributed by atoms with E-state index in [4.69, 9.17) is 32.7 Å². The van der Waals surface area contributed by atoms with Crippen LogP contribution in [0.4, 0.5) is 4.39 Å². The van der Waals surface area contributed by atoms with Gasteiger partial charge >= 0.3 is 5.97 Å². The monoisotopic (exact) mass is 463 g/mol. The van der Waals surface area contributed by atoms with E-state index in [9.17, 15) is 14.0 Å². The summed E-state index contributed by atoms with van der Waals surface area (Å²) in [6.45, 7) is 4.07. The van der Waals surface area contributed by atoms with E-state index in [0.29, 0.717) is 34.1 Å². The van der Waals surface area contributed by atoms with E-state index in [1.54, 1.807) is 25.1 Å². The largest absolute Gasteiger partial charge is 0.496 e. The molecule has 3 aromatic rings. The lowest BCUT2D eigenvalue weighted by Crippen LogP contribution is -2.26. The maximum Gasteiger partial charge on any atom is 0.344 e. The van der Waals surface area contributed by atoms with Crippen LogP contribution in [0.25, 0.3) is 22.4 Å². The van der Waals surface area contributed by atoms with Crippen molar-refractivity contribution in [1.82, 2.24) is 4.57 Å². The normalized spacial score (nSPS) is 10.8. The van der Waals surface area contributed by atoms with Crippen LogP contribution in [0.3, 0.4) is 0 Å². The molecule has 0 aliphatic heterocycles. The second-order valence-corrected chi connectivity index (χ2v) is 7.54. The third-order valence-electron chi connectivity index (χ3n) is 5.06. The molecular formula is C23H20Cl2FNO4. The van der Waals surface area contributed by atoms with E-state index in [-0.39, 0.29) is 21.9 Å². The van der Waals surface area contributed by atoms with Crippen LogP contribution >= 0.6 is 23.2 Å². The number of esters is 1.